The standard InChI is InChI=1S/Mn.3O.Pr. The molecule has 5 heteroatoms. The van der Waals surface area contributed by atoms with Crippen LogP contribution in [0.4, 0.5) is 0 Å². The molecule has 0 saturated carbocycles. The van der Waals surface area contributed by atoms with E-state index in [1.54, 1.807) is 0 Å². The minimum absolute atomic E-state index is 0. The van der Waals surface area contributed by atoms with Crippen LogP contribution in [-0.2, 0) is 25.2 Å². The van der Waals surface area contributed by atoms with Crippen molar-refractivity contribution in [2.24, 2.45) is 0 Å². The van der Waals surface area contributed by atoms with E-state index in [-0.39, 0.29) is 41.3 Å². The van der Waals surface area contributed by atoms with E-state index in [0.29, 0.717) is 0 Å². The molecule has 0 aliphatic carbocycles. The van der Waals surface area contributed by atoms with E-state index in [4.69, 9.17) is 11.5 Å². The van der Waals surface area contributed by atoms with Crippen molar-refractivity contribution in [3.05, 3.63) is 0 Å². The Balaban J connectivity index is 0. The maximum Gasteiger partial charge on any atom is 0 e. The number of rotatable bonds is 0. The van der Waals surface area contributed by atoms with Gasteiger partial charge in [-0.15, -0.1) is 0 Å². The monoisotopic (exact) mass is 244 g/mol. The fourth-order valence-corrected chi connectivity index (χ4v) is 0. The second kappa shape index (κ2) is 5.28. The van der Waals surface area contributed by atoms with E-state index >= 15 is 0 Å². The topological polar surface area (TPSA) is 51.2 Å². The molecule has 0 fully saturated rings. The molecule has 0 amide bonds. The molecule has 0 bridgehead atoms. The summed E-state index contributed by atoms with van der Waals surface area (Å²) in [6.45, 7) is 0. The van der Waals surface area contributed by atoms with Gasteiger partial charge in [0, 0.05) is 41.3 Å². The number of hydrogen-bond donors (Lipinski definition) is 0. The van der Waals surface area contributed by atoms with Crippen LogP contribution >= 0.6 is 0 Å². The predicted molar refractivity (Wildman–Crippen MR) is 2.06 cm³/mol. The Labute approximate surface area is 65.6 Å². The van der Waals surface area contributed by atoms with Gasteiger partial charge in [-0.1, -0.05) is 0 Å². The number of hydrogen-bond acceptors (Lipinski definition) is 3. The average Bonchev–Trinajstić information content (AvgIpc) is 0.811. The molecular weight excluding hydrogens is 244 g/mol. The second-order valence-electron chi connectivity index (χ2n) is 0.189. The molecule has 1 radical (unpaired) electrons. The van der Waals surface area contributed by atoms with Crippen LogP contribution in [0.15, 0.2) is 0 Å². The van der Waals surface area contributed by atoms with E-state index < -0.39 is 13.7 Å². The van der Waals surface area contributed by atoms with Gasteiger partial charge in [0.05, 0.1) is 0 Å². The van der Waals surface area contributed by atoms with Crippen LogP contribution in [0.3, 0.4) is 0 Å². The van der Waals surface area contributed by atoms with Gasteiger partial charge < -0.3 is 0 Å². The van der Waals surface area contributed by atoms with Crippen molar-refractivity contribution in [2.75, 3.05) is 0 Å². The molecule has 0 aromatic rings. The molecule has 0 unspecified atom stereocenters. The van der Waals surface area contributed by atoms with Crippen molar-refractivity contribution in [3.8, 4) is 0 Å². The zero-order valence-corrected chi connectivity index (χ0v) is 7.06. The Kier molecular flexibility index (Phi) is 10.1. The van der Waals surface area contributed by atoms with Crippen LogP contribution in [0.25, 0.3) is 0 Å². The summed E-state index contributed by atoms with van der Waals surface area (Å²) in [5.74, 6) is 0. The van der Waals surface area contributed by atoms with E-state index in [2.05, 4.69) is 0 Å². The molecule has 0 aliphatic heterocycles. The fraction of sp³-hybridized carbons (Fsp3) is 0. The van der Waals surface area contributed by atoms with Gasteiger partial charge in [0.25, 0.3) is 0 Å². The van der Waals surface area contributed by atoms with Crippen LogP contribution in [0.1, 0.15) is 0 Å². The van der Waals surface area contributed by atoms with Crippen LogP contribution in [0.2, 0.25) is 0 Å². The smallest absolute Gasteiger partial charge is 0 e. The third kappa shape index (κ3) is 34.6. The van der Waals surface area contributed by atoms with Gasteiger partial charge in [0.1, 0.15) is 0 Å². The first-order valence-corrected chi connectivity index (χ1v) is 1.91. The zero-order valence-electron chi connectivity index (χ0n) is 2.18. The SMILES string of the molecule is [O]=[Mn](=[O])=[O].[Pr]. The van der Waals surface area contributed by atoms with Crippen LogP contribution < -0.4 is 0 Å². The normalized spacial score (nSPS) is 4.80. The van der Waals surface area contributed by atoms with E-state index in [0.717, 1.165) is 0 Å². The molecule has 0 spiro atoms. The third-order valence-electron chi connectivity index (χ3n) is 0. The Morgan fingerprint density at radius 2 is 1.00 bits per heavy atom. The van der Waals surface area contributed by atoms with Crippen molar-refractivity contribution in [2.45, 2.75) is 0 Å². The minimum Gasteiger partial charge on any atom is 0 e. The Hall–Kier alpha value is 1.28. The molecule has 0 atom stereocenters. The molecule has 0 aliphatic rings. The first-order chi connectivity index (χ1) is 1.73. The van der Waals surface area contributed by atoms with Crippen LogP contribution in [0, 0.1) is 41.3 Å². The van der Waals surface area contributed by atoms with Gasteiger partial charge >= 0.3 is 25.2 Å². The maximum atomic E-state index is 8.52. The van der Waals surface area contributed by atoms with Gasteiger partial charge in [-0.2, -0.15) is 0 Å². The molecule has 0 aromatic carbocycles. The molecule has 0 aromatic heterocycles. The summed E-state index contributed by atoms with van der Waals surface area (Å²) in [4.78, 5) is 0. The molecule has 28 valence electrons. The van der Waals surface area contributed by atoms with E-state index in [9.17, 15) is 0 Å². The summed E-state index contributed by atoms with van der Waals surface area (Å²) < 4.78 is 25.6. The van der Waals surface area contributed by atoms with E-state index in [1.165, 1.54) is 0 Å². The summed E-state index contributed by atoms with van der Waals surface area (Å²) in [6, 6.07) is 0. The molecule has 0 N–H and O–H groups in total. The van der Waals surface area contributed by atoms with E-state index in [1.807, 2.05) is 0 Å². The van der Waals surface area contributed by atoms with Gasteiger partial charge in [0.15, 0.2) is 0 Å². The van der Waals surface area contributed by atoms with Crippen molar-refractivity contribution in [1.82, 2.24) is 0 Å². The average molecular weight is 244 g/mol. The summed E-state index contributed by atoms with van der Waals surface area (Å²) in [5.41, 5.74) is 0. The van der Waals surface area contributed by atoms with Gasteiger partial charge in [0.2, 0.25) is 0 Å². The summed E-state index contributed by atoms with van der Waals surface area (Å²) in [7, 11) is 0. The Morgan fingerprint density at radius 1 is 1.00 bits per heavy atom. The Morgan fingerprint density at radius 3 is 1.00 bits per heavy atom. The molecular formula is MnO3Pr. The van der Waals surface area contributed by atoms with Gasteiger partial charge in [-0.25, -0.2) is 0 Å². The summed E-state index contributed by atoms with van der Waals surface area (Å²) >= 11 is -3.65. The quantitative estimate of drug-likeness (QED) is 0.546. The molecule has 0 heterocycles. The molecule has 0 saturated heterocycles. The summed E-state index contributed by atoms with van der Waals surface area (Å²) in [6.07, 6.45) is 0. The first kappa shape index (κ1) is 9.56. The third-order valence-corrected chi connectivity index (χ3v) is 0. The summed E-state index contributed by atoms with van der Waals surface area (Å²) in [5, 5.41) is 0. The van der Waals surface area contributed by atoms with Gasteiger partial charge in [-0.05, 0) is 0 Å². The molecule has 0 rings (SSSR count). The molecule has 3 nitrogen and oxygen atoms in total. The largest absolute Gasteiger partial charge is 0 e. The maximum absolute atomic E-state index is 8.52. The van der Waals surface area contributed by atoms with Crippen molar-refractivity contribution < 1.29 is 66.5 Å². The van der Waals surface area contributed by atoms with Crippen molar-refractivity contribution >= 4 is 0 Å². The predicted octanol–water partition coefficient (Wildman–Crippen LogP) is -0.359. The van der Waals surface area contributed by atoms with Crippen LogP contribution in [0.5, 0.6) is 0 Å². The fourth-order valence-electron chi connectivity index (χ4n) is 0. The second-order valence-corrected chi connectivity index (χ2v) is 0.779. The zero-order chi connectivity index (χ0) is 3.58. The van der Waals surface area contributed by atoms with Crippen LogP contribution in [-0.4, -0.2) is 0 Å². The van der Waals surface area contributed by atoms with Crippen molar-refractivity contribution in [1.29, 1.82) is 0 Å². The minimum atomic E-state index is -3.65. The van der Waals surface area contributed by atoms with Crippen molar-refractivity contribution in [3.63, 3.8) is 0 Å². The molecule has 5 heavy (non-hydrogen) atoms. The Bertz CT molecular complexity index is 76.3. The first-order valence-electron chi connectivity index (χ1n) is 0.463. The van der Waals surface area contributed by atoms with Gasteiger partial charge in [-0.3, -0.25) is 0 Å².